The van der Waals surface area contributed by atoms with Crippen LogP contribution in [-0.4, -0.2) is 16.1 Å². The number of rotatable bonds is 3. The molecule has 1 amide bonds. The fourth-order valence-corrected chi connectivity index (χ4v) is 2.58. The topological polar surface area (TPSA) is 68.0 Å². The van der Waals surface area contributed by atoms with Gasteiger partial charge in [-0.05, 0) is 24.3 Å². The molecule has 0 aliphatic carbocycles. The maximum Gasteiger partial charge on any atom is 0.322 e. The van der Waals surface area contributed by atoms with E-state index in [1.165, 1.54) is 6.07 Å². The number of carbonyl (C=O) groups is 1. The number of carbonyl (C=O) groups excluding carboxylic acids is 1. The number of nitrogens with zero attached hydrogens (tertiary/aromatic N) is 2. The largest absolute Gasteiger partial charge is 0.403 e. The van der Waals surface area contributed by atoms with Crippen LogP contribution in [-0.2, 0) is 0 Å². The number of benzene rings is 1. The van der Waals surface area contributed by atoms with Gasteiger partial charge in [0.05, 0.1) is 14.8 Å². The number of aromatic nitrogens is 2. The van der Waals surface area contributed by atoms with Gasteiger partial charge in [-0.25, -0.2) is 8.78 Å². The summed E-state index contributed by atoms with van der Waals surface area (Å²) in [6, 6.07) is 5.85. The molecule has 1 N–H and O–H groups in total. The Labute approximate surface area is 131 Å². The van der Waals surface area contributed by atoms with Gasteiger partial charge in [-0.15, -0.1) is 16.4 Å². The van der Waals surface area contributed by atoms with Crippen LogP contribution in [0.2, 0.25) is 4.34 Å². The average molecular weight is 342 g/mol. The third-order valence-electron chi connectivity index (χ3n) is 2.60. The van der Waals surface area contributed by atoms with Gasteiger partial charge in [-0.2, -0.15) is 0 Å². The Balaban J connectivity index is 1.80. The molecular formula is C13H6ClF2N3O2S. The molecule has 5 nitrogen and oxygen atoms in total. The van der Waals surface area contributed by atoms with Crippen LogP contribution < -0.4 is 5.32 Å². The summed E-state index contributed by atoms with van der Waals surface area (Å²) in [5.74, 6) is -2.21. The lowest BCUT2D eigenvalue weighted by Gasteiger charge is -1.98. The van der Waals surface area contributed by atoms with Crippen LogP contribution in [0.1, 0.15) is 9.67 Å². The predicted octanol–water partition coefficient (Wildman–Crippen LogP) is 3.98. The molecule has 0 unspecified atom stereocenters. The number of amides is 1. The summed E-state index contributed by atoms with van der Waals surface area (Å²) < 4.78 is 32.1. The van der Waals surface area contributed by atoms with Crippen molar-refractivity contribution in [3.63, 3.8) is 0 Å². The van der Waals surface area contributed by atoms with Crippen molar-refractivity contribution < 1.29 is 18.0 Å². The first kappa shape index (κ1) is 14.6. The van der Waals surface area contributed by atoms with E-state index in [0.717, 1.165) is 17.4 Å². The van der Waals surface area contributed by atoms with Gasteiger partial charge in [0, 0.05) is 6.07 Å². The molecule has 22 heavy (non-hydrogen) atoms. The molecule has 0 fully saturated rings. The SMILES string of the molecule is O=C(Nc1nnc(-c2ccc(F)cc2F)o1)c1ccc(Cl)s1. The zero-order valence-electron chi connectivity index (χ0n) is 10.6. The second-order valence-corrected chi connectivity index (χ2v) is 5.81. The number of hydrogen-bond donors (Lipinski definition) is 1. The van der Waals surface area contributed by atoms with Crippen LogP contribution in [0.15, 0.2) is 34.7 Å². The molecular weight excluding hydrogens is 336 g/mol. The minimum absolute atomic E-state index is 0.0615. The van der Waals surface area contributed by atoms with Gasteiger partial charge in [0.15, 0.2) is 0 Å². The molecule has 0 atom stereocenters. The molecule has 2 aromatic heterocycles. The fraction of sp³-hybridized carbons (Fsp3) is 0. The third-order valence-corrected chi connectivity index (χ3v) is 3.83. The Hall–Kier alpha value is -2.32. The monoisotopic (exact) mass is 341 g/mol. The van der Waals surface area contributed by atoms with Crippen LogP contribution in [0.4, 0.5) is 14.8 Å². The highest BCUT2D eigenvalue weighted by Gasteiger charge is 2.16. The number of hydrogen-bond acceptors (Lipinski definition) is 5. The Morgan fingerprint density at radius 2 is 2.05 bits per heavy atom. The summed E-state index contributed by atoms with van der Waals surface area (Å²) >= 11 is 6.82. The summed E-state index contributed by atoms with van der Waals surface area (Å²) in [7, 11) is 0. The Morgan fingerprint density at radius 1 is 1.23 bits per heavy atom. The summed E-state index contributed by atoms with van der Waals surface area (Å²) in [5.41, 5.74) is -0.0615. The molecule has 9 heteroatoms. The van der Waals surface area contributed by atoms with Crippen molar-refractivity contribution in [3.8, 4) is 11.5 Å². The van der Waals surface area contributed by atoms with Gasteiger partial charge in [-0.1, -0.05) is 16.7 Å². The van der Waals surface area contributed by atoms with Crippen molar-refractivity contribution in [2.24, 2.45) is 0 Å². The molecule has 3 rings (SSSR count). The Morgan fingerprint density at radius 3 is 2.73 bits per heavy atom. The molecule has 3 aromatic rings. The molecule has 0 saturated heterocycles. The van der Waals surface area contributed by atoms with Crippen molar-refractivity contribution in [1.82, 2.24) is 10.2 Å². The number of nitrogens with one attached hydrogen (secondary N) is 1. The summed E-state index contributed by atoms with van der Waals surface area (Å²) in [6.45, 7) is 0. The molecule has 2 heterocycles. The lowest BCUT2D eigenvalue weighted by Crippen LogP contribution is -2.10. The highest BCUT2D eigenvalue weighted by Crippen LogP contribution is 2.25. The minimum atomic E-state index is -0.841. The zero-order chi connectivity index (χ0) is 15.7. The highest BCUT2D eigenvalue weighted by atomic mass is 35.5. The molecule has 1 aromatic carbocycles. The molecule has 0 saturated carbocycles. The van der Waals surface area contributed by atoms with E-state index in [0.29, 0.717) is 15.3 Å². The van der Waals surface area contributed by atoms with Crippen LogP contribution in [0, 0.1) is 11.6 Å². The van der Waals surface area contributed by atoms with Gasteiger partial charge >= 0.3 is 6.01 Å². The van der Waals surface area contributed by atoms with Crippen LogP contribution in [0.5, 0.6) is 0 Å². The van der Waals surface area contributed by atoms with Gasteiger partial charge in [0.2, 0.25) is 0 Å². The average Bonchev–Trinajstić information content (AvgIpc) is 3.08. The normalized spacial score (nSPS) is 10.7. The van der Waals surface area contributed by atoms with E-state index in [1.807, 2.05) is 0 Å². The molecule has 112 valence electrons. The van der Waals surface area contributed by atoms with E-state index in [9.17, 15) is 13.6 Å². The lowest BCUT2D eigenvalue weighted by atomic mass is 10.2. The summed E-state index contributed by atoms with van der Waals surface area (Å²) in [6.07, 6.45) is 0. The second kappa shape index (κ2) is 5.82. The van der Waals surface area contributed by atoms with Gasteiger partial charge in [0.25, 0.3) is 11.8 Å². The quantitative estimate of drug-likeness (QED) is 0.782. The first-order chi connectivity index (χ1) is 10.5. The lowest BCUT2D eigenvalue weighted by molar-refractivity contribution is 0.102. The minimum Gasteiger partial charge on any atom is -0.403 e. The maximum absolute atomic E-state index is 13.6. The second-order valence-electron chi connectivity index (χ2n) is 4.09. The summed E-state index contributed by atoms with van der Waals surface area (Å²) in [4.78, 5) is 12.2. The van der Waals surface area contributed by atoms with Crippen LogP contribution in [0.25, 0.3) is 11.5 Å². The fourth-order valence-electron chi connectivity index (χ4n) is 1.64. The standard InChI is InChI=1S/C13H6ClF2N3O2S/c14-10-4-3-9(22-10)11(20)17-13-19-18-12(21-13)7-2-1-6(15)5-8(7)16/h1-5H,(H,17,19,20). The maximum atomic E-state index is 13.6. The number of halogens is 3. The third kappa shape index (κ3) is 2.97. The van der Waals surface area contributed by atoms with Crippen molar-refractivity contribution in [3.05, 3.63) is 51.2 Å². The first-order valence-electron chi connectivity index (χ1n) is 5.88. The predicted molar refractivity (Wildman–Crippen MR) is 76.9 cm³/mol. The van der Waals surface area contributed by atoms with E-state index >= 15 is 0 Å². The van der Waals surface area contributed by atoms with Crippen molar-refractivity contribution in [2.45, 2.75) is 0 Å². The van der Waals surface area contributed by atoms with E-state index in [-0.39, 0.29) is 17.5 Å². The van der Waals surface area contributed by atoms with Crippen molar-refractivity contribution in [1.29, 1.82) is 0 Å². The number of thiophene rings is 1. The Bertz CT molecular complexity index is 849. The van der Waals surface area contributed by atoms with Crippen molar-refractivity contribution >= 4 is 34.9 Å². The van der Waals surface area contributed by atoms with Gasteiger partial charge < -0.3 is 4.42 Å². The van der Waals surface area contributed by atoms with Gasteiger partial charge in [-0.3, -0.25) is 10.1 Å². The molecule has 0 aliphatic heterocycles. The van der Waals surface area contributed by atoms with Crippen LogP contribution >= 0.6 is 22.9 Å². The van der Waals surface area contributed by atoms with E-state index < -0.39 is 17.5 Å². The molecule has 0 bridgehead atoms. The molecule has 0 aliphatic rings. The zero-order valence-corrected chi connectivity index (χ0v) is 12.2. The van der Waals surface area contributed by atoms with Crippen LogP contribution in [0.3, 0.4) is 0 Å². The summed E-state index contributed by atoms with van der Waals surface area (Å²) in [5, 5.41) is 9.57. The van der Waals surface area contributed by atoms with Crippen molar-refractivity contribution in [2.75, 3.05) is 5.32 Å². The number of anilines is 1. The van der Waals surface area contributed by atoms with E-state index in [1.54, 1.807) is 12.1 Å². The Kier molecular flexibility index (Phi) is 3.86. The van der Waals surface area contributed by atoms with Gasteiger partial charge in [0.1, 0.15) is 11.6 Å². The van der Waals surface area contributed by atoms with E-state index in [4.69, 9.17) is 16.0 Å². The molecule has 0 radical (unpaired) electrons. The highest BCUT2D eigenvalue weighted by molar-refractivity contribution is 7.18. The first-order valence-corrected chi connectivity index (χ1v) is 7.08. The van der Waals surface area contributed by atoms with E-state index in [2.05, 4.69) is 15.5 Å². The smallest absolute Gasteiger partial charge is 0.322 e. The molecule has 0 spiro atoms.